The van der Waals surface area contributed by atoms with Gasteiger partial charge in [-0.05, 0) is 49.2 Å². The van der Waals surface area contributed by atoms with Gasteiger partial charge in [-0.2, -0.15) is 0 Å². The van der Waals surface area contributed by atoms with Crippen LogP contribution in [0, 0.1) is 19.8 Å². The minimum Gasteiger partial charge on any atom is -0.493 e. The summed E-state index contributed by atoms with van der Waals surface area (Å²) < 4.78 is 11.1. The third kappa shape index (κ3) is 7.11. The van der Waals surface area contributed by atoms with Gasteiger partial charge in [-0.1, -0.05) is 25.1 Å². The van der Waals surface area contributed by atoms with Gasteiger partial charge < -0.3 is 20.5 Å². The van der Waals surface area contributed by atoms with Crippen LogP contribution in [-0.2, 0) is 0 Å². The lowest BCUT2D eigenvalue weighted by atomic mass is 10.1. The molecule has 5 nitrogen and oxygen atoms in total. The Morgan fingerprint density at radius 1 is 1.12 bits per heavy atom. The summed E-state index contributed by atoms with van der Waals surface area (Å²) in [5.74, 6) is 2.11. The second-order valence-corrected chi connectivity index (χ2v) is 6.29. The van der Waals surface area contributed by atoms with Crippen molar-refractivity contribution >= 4 is 35.6 Å². The maximum atomic E-state index is 5.99. The number of nitrogens with zero attached hydrogens (tertiary/aromatic N) is 1. The molecule has 0 saturated heterocycles. The number of rotatable bonds is 7. The molecule has 6 heteroatoms. The first kappa shape index (κ1) is 22.1. The van der Waals surface area contributed by atoms with E-state index in [4.69, 9.17) is 15.2 Å². The summed E-state index contributed by atoms with van der Waals surface area (Å²) in [6.07, 6.45) is 0. The van der Waals surface area contributed by atoms with E-state index in [0.717, 1.165) is 17.2 Å². The Balaban J connectivity index is 0.00000338. The van der Waals surface area contributed by atoms with Gasteiger partial charge in [0.2, 0.25) is 0 Å². The van der Waals surface area contributed by atoms with Crippen LogP contribution in [0.1, 0.15) is 18.1 Å². The lowest BCUT2D eigenvalue weighted by molar-refractivity contribution is 0.251. The van der Waals surface area contributed by atoms with Crippen molar-refractivity contribution in [1.29, 1.82) is 0 Å². The van der Waals surface area contributed by atoms with E-state index in [1.165, 1.54) is 11.1 Å². The zero-order chi connectivity index (χ0) is 18.2. The quantitative estimate of drug-likeness (QED) is 0.359. The molecule has 0 aromatic heterocycles. The van der Waals surface area contributed by atoms with E-state index >= 15 is 0 Å². The highest BCUT2D eigenvalue weighted by molar-refractivity contribution is 14.0. The SMILES string of the molecule is COc1ccccc1OCC(C)CN=C(N)Nc1cc(C)cc(C)c1.I. The largest absolute Gasteiger partial charge is 0.493 e. The molecule has 2 aromatic carbocycles. The Labute approximate surface area is 173 Å². The molecule has 26 heavy (non-hydrogen) atoms. The maximum Gasteiger partial charge on any atom is 0.193 e. The molecule has 0 aliphatic heterocycles. The molecule has 0 bridgehead atoms. The monoisotopic (exact) mass is 469 g/mol. The number of hydrogen-bond acceptors (Lipinski definition) is 3. The average Bonchev–Trinajstić information content (AvgIpc) is 2.57. The number of anilines is 1. The van der Waals surface area contributed by atoms with E-state index in [0.29, 0.717) is 19.1 Å². The van der Waals surface area contributed by atoms with Gasteiger partial charge in [0.05, 0.1) is 13.7 Å². The molecule has 1 unspecified atom stereocenters. The second-order valence-electron chi connectivity index (χ2n) is 6.29. The van der Waals surface area contributed by atoms with Gasteiger partial charge in [0.25, 0.3) is 0 Å². The Morgan fingerprint density at radius 3 is 2.35 bits per heavy atom. The molecule has 2 rings (SSSR count). The fraction of sp³-hybridized carbons (Fsp3) is 0.350. The van der Waals surface area contributed by atoms with Gasteiger partial charge in [-0.3, -0.25) is 4.99 Å². The van der Waals surface area contributed by atoms with Crippen LogP contribution in [0.2, 0.25) is 0 Å². The Morgan fingerprint density at radius 2 is 1.73 bits per heavy atom. The molecule has 0 heterocycles. The standard InChI is InChI=1S/C20H27N3O2.HI/c1-14-9-15(2)11-17(10-14)23-20(21)22-12-16(3)13-25-19-8-6-5-7-18(19)24-4;/h5-11,16H,12-13H2,1-4H3,(H3,21,22,23);1H. The topological polar surface area (TPSA) is 68.9 Å². The summed E-state index contributed by atoms with van der Waals surface area (Å²) in [7, 11) is 1.63. The fourth-order valence-corrected chi connectivity index (χ4v) is 2.51. The molecule has 0 aliphatic carbocycles. The van der Waals surface area contributed by atoms with Crippen LogP contribution in [-0.4, -0.2) is 26.2 Å². The summed E-state index contributed by atoms with van der Waals surface area (Å²) >= 11 is 0. The van der Waals surface area contributed by atoms with Crippen LogP contribution in [0.5, 0.6) is 11.5 Å². The van der Waals surface area contributed by atoms with E-state index in [2.05, 4.69) is 37.1 Å². The number of aryl methyl sites for hydroxylation is 2. The minimum absolute atomic E-state index is 0. The van der Waals surface area contributed by atoms with Crippen LogP contribution in [0.3, 0.4) is 0 Å². The molecule has 0 spiro atoms. The first-order valence-corrected chi connectivity index (χ1v) is 8.39. The number of nitrogens with two attached hydrogens (primary N) is 1. The van der Waals surface area contributed by atoms with Crippen molar-refractivity contribution in [2.75, 3.05) is 25.6 Å². The minimum atomic E-state index is 0. The number of nitrogens with one attached hydrogen (secondary N) is 1. The number of hydrogen-bond donors (Lipinski definition) is 2. The van der Waals surface area contributed by atoms with E-state index in [1.54, 1.807) is 7.11 Å². The van der Waals surface area contributed by atoms with Crippen molar-refractivity contribution in [1.82, 2.24) is 0 Å². The lowest BCUT2D eigenvalue weighted by Crippen LogP contribution is -2.24. The average molecular weight is 469 g/mol. The van der Waals surface area contributed by atoms with Crippen molar-refractivity contribution < 1.29 is 9.47 Å². The number of ether oxygens (including phenoxy) is 2. The third-order valence-corrected chi connectivity index (χ3v) is 3.66. The number of guanidine groups is 1. The van der Waals surface area contributed by atoms with Gasteiger partial charge in [0, 0.05) is 18.2 Å². The molecule has 0 aliphatic rings. The normalized spacial score (nSPS) is 12.1. The maximum absolute atomic E-state index is 5.99. The zero-order valence-corrected chi connectivity index (χ0v) is 18.1. The summed E-state index contributed by atoms with van der Waals surface area (Å²) in [6, 6.07) is 13.8. The second kappa shape index (κ2) is 10.9. The van der Waals surface area contributed by atoms with Crippen molar-refractivity contribution in [2.45, 2.75) is 20.8 Å². The highest BCUT2D eigenvalue weighted by Gasteiger charge is 2.07. The summed E-state index contributed by atoms with van der Waals surface area (Å²) in [5, 5.41) is 3.14. The van der Waals surface area contributed by atoms with Crippen molar-refractivity contribution in [3.8, 4) is 11.5 Å². The molecule has 0 saturated carbocycles. The van der Waals surface area contributed by atoms with E-state index < -0.39 is 0 Å². The summed E-state index contributed by atoms with van der Waals surface area (Å²) in [5.41, 5.74) is 9.32. The molecule has 1 atom stereocenters. The van der Waals surface area contributed by atoms with Crippen LogP contribution < -0.4 is 20.5 Å². The first-order chi connectivity index (χ1) is 12.0. The highest BCUT2D eigenvalue weighted by atomic mass is 127. The highest BCUT2D eigenvalue weighted by Crippen LogP contribution is 2.26. The number of benzene rings is 2. The number of halogens is 1. The van der Waals surface area contributed by atoms with Crippen molar-refractivity contribution in [2.24, 2.45) is 16.6 Å². The van der Waals surface area contributed by atoms with Crippen molar-refractivity contribution in [3.63, 3.8) is 0 Å². The van der Waals surface area contributed by atoms with Gasteiger partial charge >= 0.3 is 0 Å². The van der Waals surface area contributed by atoms with Gasteiger partial charge in [0.15, 0.2) is 17.5 Å². The molecule has 3 N–H and O–H groups in total. The zero-order valence-electron chi connectivity index (χ0n) is 15.8. The van der Waals surface area contributed by atoms with Gasteiger partial charge in [-0.15, -0.1) is 24.0 Å². The summed E-state index contributed by atoms with van der Waals surface area (Å²) in [4.78, 5) is 4.41. The predicted molar refractivity (Wildman–Crippen MR) is 119 cm³/mol. The van der Waals surface area contributed by atoms with Gasteiger partial charge in [0.1, 0.15) is 0 Å². The fourth-order valence-electron chi connectivity index (χ4n) is 2.51. The first-order valence-electron chi connectivity index (χ1n) is 8.39. The van der Waals surface area contributed by atoms with Crippen LogP contribution >= 0.6 is 24.0 Å². The third-order valence-electron chi connectivity index (χ3n) is 3.66. The van der Waals surface area contributed by atoms with Crippen LogP contribution in [0.4, 0.5) is 5.69 Å². The van der Waals surface area contributed by atoms with Gasteiger partial charge in [-0.25, -0.2) is 0 Å². The Kier molecular flexibility index (Phi) is 9.26. The molecule has 2 aromatic rings. The van der Waals surface area contributed by atoms with Crippen molar-refractivity contribution in [3.05, 3.63) is 53.6 Å². The molecule has 0 fully saturated rings. The summed E-state index contributed by atoms with van der Waals surface area (Å²) in [6.45, 7) is 7.31. The molecule has 0 radical (unpaired) electrons. The number of para-hydroxylation sites is 2. The molecule has 142 valence electrons. The molecular weight excluding hydrogens is 441 g/mol. The van der Waals surface area contributed by atoms with E-state index in [-0.39, 0.29) is 29.9 Å². The molecular formula is C20H28IN3O2. The van der Waals surface area contributed by atoms with Crippen LogP contribution in [0.25, 0.3) is 0 Å². The van der Waals surface area contributed by atoms with Crippen LogP contribution in [0.15, 0.2) is 47.5 Å². The Bertz CT molecular complexity index is 714. The molecule has 0 amide bonds. The van der Waals surface area contributed by atoms with E-state index in [9.17, 15) is 0 Å². The lowest BCUT2D eigenvalue weighted by Gasteiger charge is -2.14. The number of aliphatic imine (C=N–C) groups is 1. The smallest absolute Gasteiger partial charge is 0.193 e. The number of methoxy groups -OCH3 is 1. The predicted octanol–water partition coefficient (Wildman–Crippen LogP) is 4.37. The Hall–Kier alpha value is -1.96. The van der Waals surface area contributed by atoms with E-state index in [1.807, 2.05) is 36.4 Å².